The number of hydrogen-bond acceptors (Lipinski definition) is 17. The number of aryl methyl sites for hydroxylation is 13. The van der Waals surface area contributed by atoms with Gasteiger partial charge in [-0.3, -0.25) is 39.1 Å². The second-order valence-electron chi connectivity index (χ2n) is 31.9. The minimum atomic E-state index is -0.675. The summed E-state index contributed by atoms with van der Waals surface area (Å²) in [6, 6.07) is 54.4. The second kappa shape index (κ2) is 37.8. The van der Waals surface area contributed by atoms with Crippen molar-refractivity contribution < 1.29 is 4.74 Å². The van der Waals surface area contributed by atoms with Crippen LogP contribution in [0.4, 0.5) is 0 Å². The molecule has 8 aromatic rings. The number of aromatic amines is 4. The molecule has 0 amide bonds. The number of nitrogens with one attached hydrogen (secondary N) is 4. The van der Waals surface area contributed by atoms with E-state index in [4.69, 9.17) is 4.74 Å². The van der Waals surface area contributed by atoms with Crippen LogP contribution < -0.4 is 45.0 Å². The number of aromatic nitrogens is 16. The van der Waals surface area contributed by atoms with Crippen LogP contribution in [0.1, 0.15) is 177 Å². The van der Waals surface area contributed by atoms with Gasteiger partial charge in [0.25, 0.3) is 22.2 Å². The predicted molar refractivity (Wildman–Crippen MR) is 479 cm³/mol. The number of nitrogens with zero attached hydrogens (tertiary/aromatic N) is 12. The molecule has 25 heteroatoms. The van der Waals surface area contributed by atoms with Gasteiger partial charge in [-0.15, -0.1) is 0 Å². The number of ether oxygens (including phenoxy) is 1. The highest BCUT2D eigenvalue weighted by atomic mass is 16.5. The predicted octanol–water partition coefficient (Wildman–Crippen LogP) is 15.1. The van der Waals surface area contributed by atoms with Crippen molar-refractivity contribution in [2.24, 2.45) is 0 Å². The maximum Gasteiger partial charge on any atom is 0.349 e. The van der Waals surface area contributed by atoms with Gasteiger partial charge in [0.2, 0.25) is 0 Å². The van der Waals surface area contributed by atoms with Gasteiger partial charge in [-0.05, 0) is 222 Å². The van der Waals surface area contributed by atoms with E-state index in [1.165, 1.54) is 55.6 Å². The van der Waals surface area contributed by atoms with Crippen LogP contribution in [0.15, 0.2) is 196 Å². The summed E-state index contributed by atoms with van der Waals surface area (Å²) in [4.78, 5) is 141. The van der Waals surface area contributed by atoms with Crippen LogP contribution >= 0.6 is 0 Å². The lowest BCUT2D eigenvalue weighted by atomic mass is 9.96. The summed E-state index contributed by atoms with van der Waals surface area (Å²) in [5.74, 6) is 2.38. The van der Waals surface area contributed by atoms with Crippen molar-refractivity contribution in [2.75, 3.05) is 6.61 Å². The van der Waals surface area contributed by atoms with Gasteiger partial charge in [-0.1, -0.05) is 180 Å². The molecule has 0 saturated carbocycles. The minimum Gasteiger partial charge on any atom is -0.376 e. The fourth-order valence-corrected chi connectivity index (χ4v) is 15.5. The highest BCUT2D eigenvalue weighted by molar-refractivity contribution is 5.84. The molecule has 8 heterocycles. The Hall–Kier alpha value is -13.2. The summed E-state index contributed by atoms with van der Waals surface area (Å²) in [6.07, 6.45) is 7.69. The van der Waals surface area contributed by atoms with Crippen molar-refractivity contribution >= 4 is 44.1 Å². The molecule has 8 aliphatic heterocycles. The molecule has 3 unspecified atom stereocenters. The molecule has 8 aliphatic rings. The molecule has 622 valence electrons. The summed E-state index contributed by atoms with van der Waals surface area (Å²) >= 11 is 0. The fourth-order valence-electron chi connectivity index (χ4n) is 15.5. The second-order valence-corrected chi connectivity index (χ2v) is 31.9. The third kappa shape index (κ3) is 19.9. The van der Waals surface area contributed by atoms with Crippen molar-refractivity contribution in [3.63, 3.8) is 0 Å². The van der Waals surface area contributed by atoms with E-state index in [9.17, 15) is 38.4 Å². The van der Waals surface area contributed by atoms with Crippen LogP contribution in [0.3, 0.4) is 0 Å². The zero-order chi connectivity index (χ0) is 86.0. The van der Waals surface area contributed by atoms with Crippen LogP contribution in [-0.2, 0) is 63.0 Å². The van der Waals surface area contributed by atoms with Gasteiger partial charge in [-0.2, -0.15) is 19.9 Å². The molecule has 4 N–H and O–H groups in total. The Morgan fingerprint density at radius 3 is 1.16 bits per heavy atom. The van der Waals surface area contributed by atoms with Gasteiger partial charge in [0.05, 0.1) is 56.8 Å². The molecule has 0 aliphatic carbocycles. The Labute approximate surface area is 699 Å². The summed E-state index contributed by atoms with van der Waals surface area (Å²) in [5.41, 5.74) is 19.5. The normalized spacial score (nSPS) is 12.3. The molecule has 0 radical (unpaired) electrons. The van der Waals surface area contributed by atoms with E-state index in [2.05, 4.69) is 271 Å². The molecule has 0 aromatic heterocycles. The number of rotatable bonds is 23. The minimum absolute atomic E-state index is 0.161. The number of hydrogen-bond donors (Lipinski definition) is 4. The zero-order valence-electron chi connectivity index (χ0n) is 71.3. The van der Waals surface area contributed by atoms with Crippen molar-refractivity contribution in [2.45, 2.75) is 205 Å². The van der Waals surface area contributed by atoms with Crippen molar-refractivity contribution in [3.8, 4) is 46.1 Å². The number of H-pyrrole nitrogens is 4. The molecule has 0 spiro atoms. The number of fused-ring (bicyclic) bond motifs is 8. The molecule has 8 aromatic carbocycles. The van der Waals surface area contributed by atoms with Gasteiger partial charge in [-0.25, -0.2) is 39.1 Å². The average Bonchev–Trinajstić information content (AvgIpc) is 0.765. The van der Waals surface area contributed by atoms with Crippen molar-refractivity contribution in [1.82, 2.24) is 78.1 Å². The Morgan fingerprint density at radius 1 is 0.355 bits per heavy atom. The zero-order valence-corrected chi connectivity index (χ0v) is 71.3. The monoisotopic (exact) mass is 1620 g/mol. The summed E-state index contributed by atoms with van der Waals surface area (Å²) in [7, 11) is 0. The summed E-state index contributed by atoms with van der Waals surface area (Å²) in [6.45, 7) is 32.2. The molecular formula is C96H104N16O9. The summed E-state index contributed by atoms with van der Waals surface area (Å²) < 4.78 is 13.9. The highest BCUT2D eigenvalue weighted by Gasteiger charge is 2.26. The third-order valence-electron chi connectivity index (χ3n) is 22.7. The molecule has 16 rings (SSSR count). The SMILES string of the molecule is CCC(C)c1ccc2c(c1)nc1c(=O)[nH]c(=O)nc-1n2CCCc1ccc(C)cc1.CCOC(Cc1ccc(C)cc1)Cn1c2nc(=O)[nH]c(=O)c-2nc2cc(CC)c(C)cc21.CCc1cc2c(cc1C)nc1c(=O)[nH]c(=O)nc-1n2CCCc1ccc(C)cc1.Cc1ccc(C(C)CCn2c3nc(=O)[nH]c(=O)c-3nc3cc(C(C)C)ccc32)cc1. The molecular weight excluding hydrogens is 1520 g/mol. The van der Waals surface area contributed by atoms with Crippen LogP contribution in [0.5, 0.6) is 0 Å². The van der Waals surface area contributed by atoms with Gasteiger partial charge >= 0.3 is 22.8 Å². The molecule has 0 fully saturated rings. The van der Waals surface area contributed by atoms with E-state index in [-0.39, 0.29) is 34.7 Å². The van der Waals surface area contributed by atoms with Gasteiger partial charge in [0.15, 0.2) is 46.1 Å². The average molecular weight is 1630 g/mol. The fraction of sp³-hybridized carbons (Fsp3) is 0.333. The van der Waals surface area contributed by atoms with Gasteiger partial charge in [0, 0.05) is 32.7 Å². The molecule has 3 atom stereocenters. The first kappa shape index (κ1) is 85.7. The molecule has 121 heavy (non-hydrogen) atoms. The Bertz CT molecular complexity index is 6790. The molecule has 0 bridgehead atoms. The summed E-state index contributed by atoms with van der Waals surface area (Å²) in [5, 5.41) is 0. The van der Waals surface area contributed by atoms with Crippen molar-refractivity contribution in [3.05, 3.63) is 319 Å². The lowest BCUT2D eigenvalue weighted by Crippen LogP contribution is -2.31. The number of benzene rings is 8. The lowest BCUT2D eigenvalue weighted by Gasteiger charge is -2.23. The maximum atomic E-state index is 12.5. The Kier molecular flexibility index (Phi) is 26.8. The first-order valence-corrected chi connectivity index (χ1v) is 41.8. The quantitative estimate of drug-likeness (QED) is 0.0432. The van der Waals surface area contributed by atoms with E-state index < -0.39 is 45.0 Å². The standard InChI is InChI=1S/C25H28N4O3.2C24H26N4O2.C23H24N4O2/c1-5-18-13-20-21(11-16(18)4)29(23-22(26-20)24(30)28-25(31)27-23)14-19(32-6-2)12-17-9-7-15(3)8-10-17;1-14(2)18-9-10-20-19(13-18)25-21-22(26-24(30)27-23(21)29)28(20)12-11-16(4)17-7-5-15(3)6-8-17;1-4-16(3)18-11-12-20-19(14-18)25-21-22(26-24(30)27-23(21)29)28(20)13-5-6-17-9-7-15(2)8-10-17;1-4-17-13-19-18(12-15(17)3)24-20-21(25-23(29)26-22(20)28)27(19)11-5-6-16-9-7-14(2)8-10-16/h7-11,13,19H,5-6,12,14H2,1-4H3,(H,28,30,31);5-10,13-14,16H,11-12H2,1-4H3,(H,27,29,30);7-12,14,16H,4-6,13H2,1-3H3,(H,27,29,30);7-10,12-13H,4-6,11H2,1-3H3,(H,26,28,29). The van der Waals surface area contributed by atoms with Crippen LogP contribution in [-0.4, -0.2) is 90.8 Å². The maximum absolute atomic E-state index is 12.5. The first-order chi connectivity index (χ1) is 58.1. The molecule has 25 nitrogen and oxygen atoms in total. The van der Waals surface area contributed by atoms with Gasteiger partial charge in [0.1, 0.15) is 0 Å². The largest absolute Gasteiger partial charge is 0.376 e. The smallest absolute Gasteiger partial charge is 0.349 e. The van der Waals surface area contributed by atoms with E-state index >= 15 is 0 Å². The van der Waals surface area contributed by atoms with E-state index in [0.29, 0.717) is 80.0 Å². The van der Waals surface area contributed by atoms with E-state index in [1.807, 2.05) is 61.6 Å². The van der Waals surface area contributed by atoms with Gasteiger partial charge < -0.3 is 23.0 Å². The third-order valence-corrected chi connectivity index (χ3v) is 22.7. The van der Waals surface area contributed by atoms with E-state index in [1.54, 1.807) is 0 Å². The van der Waals surface area contributed by atoms with Crippen LogP contribution in [0, 0.1) is 41.5 Å². The topological polar surface area (TPSA) is 332 Å². The Morgan fingerprint density at radius 2 is 0.719 bits per heavy atom. The van der Waals surface area contributed by atoms with Crippen LogP contribution in [0.2, 0.25) is 0 Å². The Balaban J connectivity index is 0.000000139. The lowest BCUT2D eigenvalue weighted by molar-refractivity contribution is 0.0517. The van der Waals surface area contributed by atoms with Crippen LogP contribution in [0.25, 0.3) is 90.2 Å². The van der Waals surface area contributed by atoms with Crippen molar-refractivity contribution in [1.29, 1.82) is 0 Å². The van der Waals surface area contributed by atoms with E-state index in [0.717, 1.165) is 112 Å². The highest BCUT2D eigenvalue weighted by Crippen LogP contribution is 2.32. The first-order valence-electron chi connectivity index (χ1n) is 41.8. The molecule has 0 saturated heterocycles.